The second-order valence-electron chi connectivity index (χ2n) is 6.95. The lowest BCUT2D eigenvalue weighted by Gasteiger charge is -2.10. The van der Waals surface area contributed by atoms with Crippen LogP contribution >= 0.6 is 0 Å². The Morgan fingerprint density at radius 2 is 1.88 bits per heavy atom. The topological polar surface area (TPSA) is 88.2 Å². The highest BCUT2D eigenvalue weighted by molar-refractivity contribution is 5.89. The van der Waals surface area contributed by atoms with Gasteiger partial charge in [-0.25, -0.2) is 14.5 Å². The molecule has 0 bridgehead atoms. The first-order chi connectivity index (χ1) is 15.8. The number of hydrogen-bond donors (Lipinski definition) is 0. The molecule has 0 unspecified atom stereocenters. The molecule has 0 radical (unpaired) electrons. The van der Waals surface area contributed by atoms with Gasteiger partial charge in [0.2, 0.25) is 0 Å². The maximum atomic E-state index is 13.0. The molecule has 0 saturated heterocycles. The number of carbonyl (C=O) groups excluding carboxylic acids is 1. The quantitative estimate of drug-likeness (QED) is 0.411. The zero-order valence-electron chi connectivity index (χ0n) is 17.2. The van der Waals surface area contributed by atoms with Gasteiger partial charge < -0.3 is 9.47 Å². The molecule has 170 valence electrons. The summed E-state index contributed by atoms with van der Waals surface area (Å²) in [6.45, 7) is 0.321. The van der Waals surface area contributed by atoms with Crippen molar-refractivity contribution in [2.75, 3.05) is 13.7 Å². The van der Waals surface area contributed by atoms with Crippen molar-refractivity contribution in [3.05, 3.63) is 82.5 Å². The van der Waals surface area contributed by atoms with E-state index in [-0.39, 0.29) is 29.9 Å². The van der Waals surface area contributed by atoms with Gasteiger partial charge in [-0.15, -0.1) is 0 Å². The largest absolute Gasteiger partial charge is 0.492 e. The molecule has 2 heterocycles. The van der Waals surface area contributed by atoms with Gasteiger partial charge in [0.1, 0.15) is 24.1 Å². The SMILES string of the molecule is COC(=O)c1ccc(OCCn2cnc3c(cnn3-c3cccc(C(F)(F)F)c3)c2=O)cc1. The van der Waals surface area contributed by atoms with Crippen molar-refractivity contribution in [2.24, 2.45) is 0 Å². The summed E-state index contributed by atoms with van der Waals surface area (Å²) < 4.78 is 51.8. The predicted octanol–water partition coefficient (Wildman–Crippen LogP) is 3.47. The van der Waals surface area contributed by atoms with E-state index in [1.165, 1.54) is 41.0 Å². The number of alkyl halides is 3. The van der Waals surface area contributed by atoms with Crippen LogP contribution in [0.4, 0.5) is 13.2 Å². The van der Waals surface area contributed by atoms with Crippen LogP contribution in [0.3, 0.4) is 0 Å². The van der Waals surface area contributed by atoms with Crippen LogP contribution in [0.1, 0.15) is 15.9 Å². The van der Waals surface area contributed by atoms with Crippen molar-refractivity contribution in [1.29, 1.82) is 0 Å². The lowest BCUT2D eigenvalue weighted by molar-refractivity contribution is -0.137. The summed E-state index contributed by atoms with van der Waals surface area (Å²) in [5.41, 5.74) is -0.553. The third kappa shape index (κ3) is 4.56. The van der Waals surface area contributed by atoms with Gasteiger partial charge >= 0.3 is 12.1 Å². The molecule has 2 aromatic carbocycles. The lowest BCUT2D eigenvalue weighted by Crippen LogP contribution is -2.23. The van der Waals surface area contributed by atoms with E-state index in [9.17, 15) is 22.8 Å². The van der Waals surface area contributed by atoms with Gasteiger partial charge in [-0.2, -0.15) is 18.3 Å². The van der Waals surface area contributed by atoms with Gasteiger partial charge in [-0.3, -0.25) is 9.36 Å². The third-order valence-corrected chi connectivity index (χ3v) is 4.85. The Hall–Kier alpha value is -4.15. The van der Waals surface area contributed by atoms with Crippen molar-refractivity contribution in [3.63, 3.8) is 0 Å². The van der Waals surface area contributed by atoms with Gasteiger partial charge in [-0.1, -0.05) is 6.07 Å². The minimum absolute atomic E-state index is 0.142. The van der Waals surface area contributed by atoms with Crippen LogP contribution in [0.2, 0.25) is 0 Å². The normalized spacial score (nSPS) is 11.5. The smallest absolute Gasteiger partial charge is 0.416 e. The van der Waals surface area contributed by atoms with Crippen LogP contribution in [0.25, 0.3) is 16.7 Å². The summed E-state index contributed by atoms with van der Waals surface area (Å²) in [4.78, 5) is 28.4. The third-order valence-electron chi connectivity index (χ3n) is 4.85. The molecule has 8 nitrogen and oxygen atoms in total. The molecule has 2 aromatic heterocycles. The number of rotatable bonds is 6. The highest BCUT2D eigenvalue weighted by Crippen LogP contribution is 2.30. The van der Waals surface area contributed by atoms with Crippen molar-refractivity contribution in [3.8, 4) is 11.4 Å². The second-order valence-corrected chi connectivity index (χ2v) is 6.95. The molecule has 0 aliphatic rings. The molecule has 0 amide bonds. The number of hydrogen-bond acceptors (Lipinski definition) is 6. The summed E-state index contributed by atoms with van der Waals surface area (Å²) in [7, 11) is 1.29. The van der Waals surface area contributed by atoms with E-state index in [0.717, 1.165) is 12.1 Å². The lowest BCUT2D eigenvalue weighted by atomic mass is 10.2. The van der Waals surface area contributed by atoms with E-state index in [2.05, 4.69) is 14.8 Å². The zero-order valence-corrected chi connectivity index (χ0v) is 17.2. The molecular weight excluding hydrogens is 441 g/mol. The Labute approximate surface area is 184 Å². The van der Waals surface area contributed by atoms with Gasteiger partial charge in [0.25, 0.3) is 5.56 Å². The molecule has 0 aliphatic carbocycles. The van der Waals surface area contributed by atoms with E-state index in [4.69, 9.17) is 4.74 Å². The summed E-state index contributed by atoms with van der Waals surface area (Å²) in [5, 5.41) is 4.22. The Balaban J connectivity index is 1.51. The van der Waals surface area contributed by atoms with Crippen LogP contribution < -0.4 is 10.3 Å². The maximum absolute atomic E-state index is 13.0. The molecule has 11 heteroatoms. The standard InChI is InChI=1S/C22H17F3N4O4/c1-32-21(31)14-5-7-17(8-6-14)33-10-9-28-13-26-19-18(20(28)30)12-27-29(19)16-4-2-3-15(11-16)22(23,24)25/h2-8,11-13H,9-10H2,1H3. The Morgan fingerprint density at radius 1 is 1.12 bits per heavy atom. The Bertz CT molecular complexity index is 1360. The first kappa shape index (κ1) is 22.1. The number of benzene rings is 2. The molecular formula is C22H17F3N4O4. The van der Waals surface area contributed by atoms with Crippen LogP contribution in [-0.4, -0.2) is 39.0 Å². The number of ether oxygens (including phenoxy) is 2. The molecule has 0 spiro atoms. The summed E-state index contributed by atoms with van der Waals surface area (Å²) in [6.07, 6.45) is -1.94. The van der Waals surface area contributed by atoms with Gasteiger partial charge in [0, 0.05) is 0 Å². The second kappa shape index (κ2) is 8.77. The Morgan fingerprint density at radius 3 is 2.58 bits per heavy atom. The summed E-state index contributed by atoms with van der Waals surface area (Å²) >= 11 is 0. The van der Waals surface area contributed by atoms with Crippen LogP contribution in [0, 0.1) is 0 Å². The molecule has 0 fully saturated rings. The van der Waals surface area contributed by atoms with E-state index < -0.39 is 23.3 Å². The molecule has 0 N–H and O–H groups in total. The highest BCUT2D eigenvalue weighted by Gasteiger charge is 2.30. The molecule has 0 atom stereocenters. The van der Waals surface area contributed by atoms with Crippen LogP contribution in [0.5, 0.6) is 5.75 Å². The molecule has 4 aromatic rings. The number of nitrogens with zero attached hydrogens (tertiary/aromatic N) is 4. The highest BCUT2D eigenvalue weighted by atomic mass is 19.4. The van der Waals surface area contributed by atoms with Crippen molar-refractivity contribution < 1.29 is 27.4 Å². The zero-order chi connectivity index (χ0) is 23.6. The van der Waals surface area contributed by atoms with Gasteiger partial charge in [0.05, 0.1) is 36.7 Å². The number of aromatic nitrogens is 4. The van der Waals surface area contributed by atoms with E-state index in [0.29, 0.717) is 11.3 Å². The van der Waals surface area contributed by atoms with Crippen LogP contribution in [-0.2, 0) is 17.5 Å². The number of fused-ring (bicyclic) bond motifs is 1. The number of halogens is 3. The average Bonchev–Trinajstić information content (AvgIpc) is 3.25. The van der Waals surface area contributed by atoms with E-state index in [1.54, 1.807) is 24.3 Å². The first-order valence-corrected chi connectivity index (χ1v) is 9.70. The number of esters is 1. The van der Waals surface area contributed by atoms with E-state index >= 15 is 0 Å². The minimum Gasteiger partial charge on any atom is -0.492 e. The maximum Gasteiger partial charge on any atom is 0.416 e. The fourth-order valence-electron chi connectivity index (χ4n) is 3.18. The minimum atomic E-state index is -4.50. The molecule has 0 aliphatic heterocycles. The van der Waals surface area contributed by atoms with Gasteiger partial charge in [-0.05, 0) is 42.5 Å². The molecule has 33 heavy (non-hydrogen) atoms. The number of carbonyl (C=O) groups is 1. The first-order valence-electron chi connectivity index (χ1n) is 9.70. The van der Waals surface area contributed by atoms with Crippen molar-refractivity contribution in [1.82, 2.24) is 19.3 Å². The van der Waals surface area contributed by atoms with Gasteiger partial charge in [0.15, 0.2) is 5.65 Å². The monoisotopic (exact) mass is 458 g/mol. The average molecular weight is 458 g/mol. The summed E-state index contributed by atoms with van der Waals surface area (Å²) in [5.74, 6) is 0.0419. The Kier molecular flexibility index (Phi) is 5.86. The van der Waals surface area contributed by atoms with Crippen molar-refractivity contribution >= 4 is 17.0 Å². The number of methoxy groups -OCH3 is 1. The molecule has 4 rings (SSSR count). The fourth-order valence-corrected chi connectivity index (χ4v) is 3.18. The van der Waals surface area contributed by atoms with Crippen molar-refractivity contribution in [2.45, 2.75) is 12.7 Å². The van der Waals surface area contributed by atoms with E-state index in [1.807, 2.05) is 0 Å². The fraction of sp³-hybridized carbons (Fsp3) is 0.182. The van der Waals surface area contributed by atoms with Crippen LogP contribution in [0.15, 0.2) is 65.8 Å². The summed E-state index contributed by atoms with van der Waals surface area (Å²) in [6, 6.07) is 10.9. The molecule has 0 saturated carbocycles. The predicted molar refractivity (Wildman–Crippen MR) is 111 cm³/mol.